The minimum Gasteiger partial charge on any atom is -0.0966 e. The van der Waals surface area contributed by atoms with Gasteiger partial charge in [-0.1, -0.05) is 51.5 Å². The molecule has 0 amide bonds. The predicted octanol–water partition coefficient (Wildman–Crippen LogP) is 4.18. The Morgan fingerprint density at radius 2 is 2.07 bits per heavy atom. The molecule has 3 aliphatic carbocycles. The van der Waals surface area contributed by atoms with E-state index in [0.717, 1.165) is 23.6 Å². The van der Waals surface area contributed by atoms with Gasteiger partial charge in [0.2, 0.25) is 0 Å². The van der Waals surface area contributed by atoms with Crippen LogP contribution < -0.4 is 0 Å². The third kappa shape index (κ3) is 1.79. The number of hydrogen-bond acceptors (Lipinski definition) is 0. The van der Waals surface area contributed by atoms with Gasteiger partial charge in [0, 0.05) is 0 Å². The fraction of sp³-hybridized carbons (Fsp3) is 0.857. The van der Waals surface area contributed by atoms with Crippen LogP contribution in [0.4, 0.5) is 0 Å². The quantitative estimate of drug-likeness (QED) is 0.477. The number of hydrogen-bond donors (Lipinski definition) is 0. The smallest absolute Gasteiger partial charge is 0.0966 e. The molecular weight excluding hydrogens is 179 g/mol. The highest BCUT2D eigenvalue weighted by Gasteiger charge is 2.55. The maximum absolute atomic E-state index is 2.55. The highest BCUT2D eigenvalue weighted by atomic mass is 14.6. The third-order valence-corrected chi connectivity index (χ3v) is 5.22. The molecule has 1 heteroatoms. The van der Waals surface area contributed by atoms with Crippen LogP contribution in [-0.2, 0) is 0 Å². The summed E-state index contributed by atoms with van der Waals surface area (Å²) in [6.45, 7) is 9.53. The van der Waals surface area contributed by atoms with Crippen molar-refractivity contribution >= 4 is 7.28 Å². The van der Waals surface area contributed by atoms with Crippen molar-refractivity contribution in [3.63, 3.8) is 0 Å². The Morgan fingerprint density at radius 3 is 2.60 bits per heavy atom. The minimum atomic E-state index is 0.643. The van der Waals surface area contributed by atoms with Gasteiger partial charge in [0.25, 0.3) is 0 Å². The Labute approximate surface area is 95.8 Å². The van der Waals surface area contributed by atoms with Gasteiger partial charge in [-0.05, 0) is 36.5 Å². The van der Waals surface area contributed by atoms with Crippen molar-refractivity contribution < 1.29 is 0 Å². The van der Waals surface area contributed by atoms with Gasteiger partial charge in [-0.15, -0.1) is 0 Å². The predicted molar refractivity (Wildman–Crippen MR) is 68.3 cm³/mol. The number of allylic oxidation sites excluding steroid dienone is 2. The molecule has 3 aliphatic rings. The van der Waals surface area contributed by atoms with Gasteiger partial charge >= 0.3 is 0 Å². The standard InChI is InChI=1S/C14H24B/c1-5-6-7-15-13-9-11-8-12(10(13)2)14(11,3)4/h5-6,10-13H,7-9H2,1-4H3/b6-5+/t10-,11+,12-,13-/m1/s1. The molecule has 1 radical (unpaired) electrons. The second-order valence-corrected chi connectivity index (χ2v) is 6.16. The molecule has 4 atom stereocenters. The van der Waals surface area contributed by atoms with Crippen molar-refractivity contribution in [1.82, 2.24) is 0 Å². The zero-order valence-electron chi connectivity index (χ0n) is 10.7. The molecule has 2 bridgehead atoms. The van der Waals surface area contributed by atoms with E-state index in [0.29, 0.717) is 5.41 Å². The maximum atomic E-state index is 2.55. The SMILES string of the molecule is C/C=C/C[B][C@@H]1C[C@@H]2C[C@H]([C@H]1C)C2(C)C. The first-order chi connectivity index (χ1) is 7.07. The zero-order valence-corrected chi connectivity index (χ0v) is 10.7. The first kappa shape index (κ1) is 11.3. The molecule has 3 saturated carbocycles. The lowest BCUT2D eigenvalue weighted by Gasteiger charge is -2.62. The zero-order chi connectivity index (χ0) is 11.1. The summed E-state index contributed by atoms with van der Waals surface area (Å²) in [5, 5.41) is 0. The summed E-state index contributed by atoms with van der Waals surface area (Å²) in [5.74, 6) is 3.79. The molecule has 0 saturated heterocycles. The Hall–Kier alpha value is -0.195. The number of rotatable bonds is 3. The van der Waals surface area contributed by atoms with Crippen LogP contribution in [0.3, 0.4) is 0 Å². The topological polar surface area (TPSA) is 0 Å². The highest BCUT2D eigenvalue weighted by molar-refractivity contribution is 6.38. The van der Waals surface area contributed by atoms with Gasteiger partial charge in [-0.3, -0.25) is 0 Å². The van der Waals surface area contributed by atoms with Crippen molar-refractivity contribution in [2.75, 3.05) is 0 Å². The first-order valence-electron chi connectivity index (χ1n) is 6.51. The summed E-state index contributed by atoms with van der Waals surface area (Å²) in [6, 6.07) is 0. The Morgan fingerprint density at radius 1 is 1.33 bits per heavy atom. The molecule has 0 aromatic rings. The van der Waals surface area contributed by atoms with Crippen LogP contribution in [0.5, 0.6) is 0 Å². The molecule has 15 heavy (non-hydrogen) atoms. The van der Waals surface area contributed by atoms with Crippen LogP contribution in [0.1, 0.15) is 40.5 Å². The summed E-state index contributed by atoms with van der Waals surface area (Å²) in [7, 11) is 2.55. The molecular formula is C14H24B. The molecule has 3 fully saturated rings. The van der Waals surface area contributed by atoms with Crippen molar-refractivity contribution in [2.45, 2.75) is 52.7 Å². The van der Waals surface area contributed by atoms with Crippen LogP contribution in [0.2, 0.25) is 12.1 Å². The normalized spacial score (nSPS) is 42.7. The molecule has 0 aromatic carbocycles. The fourth-order valence-corrected chi connectivity index (χ4v) is 3.89. The van der Waals surface area contributed by atoms with E-state index in [2.05, 4.69) is 47.1 Å². The van der Waals surface area contributed by atoms with Crippen molar-refractivity contribution in [1.29, 1.82) is 0 Å². The molecule has 0 nitrogen and oxygen atoms in total. The second-order valence-electron chi connectivity index (χ2n) is 6.16. The van der Waals surface area contributed by atoms with Crippen LogP contribution in [0.25, 0.3) is 0 Å². The van der Waals surface area contributed by atoms with Crippen LogP contribution in [-0.4, -0.2) is 7.28 Å². The van der Waals surface area contributed by atoms with Crippen LogP contribution in [0.15, 0.2) is 12.2 Å². The van der Waals surface area contributed by atoms with Gasteiger partial charge in [0.05, 0.1) is 0 Å². The van der Waals surface area contributed by atoms with Gasteiger partial charge in [-0.2, -0.15) is 0 Å². The summed E-state index contributed by atoms with van der Waals surface area (Å²) < 4.78 is 0. The summed E-state index contributed by atoms with van der Waals surface area (Å²) in [4.78, 5) is 0. The molecule has 0 aromatic heterocycles. The monoisotopic (exact) mass is 203 g/mol. The maximum Gasteiger partial charge on any atom is 0.118 e. The molecule has 83 valence electrons. The van der Waals surface area contributed by atoms with E-state index in [-0.39, 0.29) is 0 Å². The highest BCUT2D eigenvalue weighted by Crippen LogP contribution is 2.64. The van der Waals surface area contributed by atoms with E-state index in [1.54, 1.807) is 0 Å². The molecule has 3 rings (SSSR count). The largest absolute Gasteiger partial charge is 0.118 e. The second kappa shape index (κ2) is 3.99. The number of fused-ring (bicyclic) bond motifs is 2. The van der Waals surface area contributed by atoms with Crippen LogP contribution in [0, 0.1) is 23.2 Å². The lowest BCUT2D eigenvalue weighted by atomic mass is 9.37. The van der Waals surface area contributed by atoms with E-state index in [1.807, 2.05) is 0 Å². The Balaban J connectivity index is 1.91. The van der Waals surface area contributed by atoms with E-state index >= 15 is 0 Å². The lowest BCUT2D eigenvalue weighted by molar-refractivity contribution is -0.0985. The Bertz CT molecular complexity index is 254. The van der Waals surface area contributed by atoms with Crippen molar-refractivity contribution in [3.05, 3.63) is 12.2 Å². The first-order valence-corrected chi connectivity index (χ1v) is 6.51. The van der Waals surface area contributed by atoms with Gasteiger partial charge in [-0.25, -0.2) is 0 Å². The lowest BCUT2D eigenvalue weighted by Crippen LogP contribution is -2.54. The van der Waals surface area contributed by atoms with Crippen molar-refractivity contribution in [2.24, 2.45) is 23.2 Å². The molecule has 0 unspecified atom stereocenters. The molecule has 0 heterocycles. The van der Waals surface area contributed by atoms with E-state index in [4.69, 9.17) is 0 Å². The van der Waals surface area contributed by atoms with E-state index < -0.39 is 0 Å². The van der Waals surface area contributed by atoms with Crippen LogP contribution >= 0.6 is 0 Å². The van der Waals surface area contributed by atoms with Gasteiger partial charge < -0.3 is 0 Å². The van der Waals surface area contributed by atoms with Crippen molar-refractivity contribution in [3.8, 4) is 0 Å². The molecule has 0 N–H and O–H groups in total. The average molecular weight is 203 g/mol. The summed E-state index contributed by atoms with van der Waals surface area (Å²) >= 11 is 0. The summed E-state index contributed by atoms with van der Waals surface area (Å²) in [6.07, 6.45) is 8.56. The van der Waals surface area contributed by atoms with Gasteiger partial charge in [0.15, 0.2) is 0 Å². The van der Waals surface area contributed by atoms with Gasteiger partial charge in [0.1, 0.15) is 7.28 Å². The fourth-order valence-electron chi connectivity index (χ4n) is 3.89. The summed E-state index contributed by atoms with van der Waals surface area (Å²) in [5.41, 5.74) is 0.643. The molecule has 0 aliphatic heterocycles. The van der Waals surface area contributed by atoms with E-state index in [1.165, 1.54) is 19.2 Å². The van der Waals surface area contributed by atoms with E-state index in [9.17, 15) is 0 Å². The third-order valence-electron chi connectivity index (χ3n) is 5.22. The minimum absolute atomic E-state index is 0.643. The Kier molecular flexibility index (Phi) is 3.01. The average Bonchev–Trinajstić information content (AvgIpc) is 2.20. The molecule has 0 spiro atoms.